The second kappa shape index (κ2) is 7.94. The van der Waals surface area contributed by atoms with Gasteiger partial charge in [0, 0.05) is 63.9 Å². The van der Waals surface area contributed by atoms with Crippen LogP contribution in [0.3, 0.4) is 0 Å². The first-order chi connectivity index (χ1) is 14.2. The highest BCUT2D eigenvalue weighted by molar-refractivity contribution is 5.51. The molecular formula is C22H32N6O. The third-order valence-corrected chi connectivity index (χ3v) is 6.66. The SMILES string of the molecule is CN(C)c1cc(N(C2CC2)C2CCN(Cc3noc4c3CCCC4)CC2)ncn1. The molecule has 0 N–H and O–H groups in total. The fourth-order valence-electron chi connectivity index (χ4n) is 4.89. The number of likely N-dealkylation sites (tertiary alicyclic amines) is 1. The molecule has 29 heavy (non-hydrogen) atoms. The zero-order chi connectivity index (χ0) is 19.8. The summed E-state index contributed by atoms with van der Waals surface area (Å²) in [6, 6.07) is 3.36. The predicted octanol–water partition coefficient (Wildman–Crippen LogP) is 3.04. The van der Waals surface area contributed by atoms with Crippen molar-refractivity contribution >= 4 is 11.6 Å². The number of anilines is 2. The molecular weight excluding hydrogens is 364 g/mol. The Kier molecular flexibility index (Phi) is 5.16. The highest BCUT2D eigenvalue weighted by Crippen LogP contribution is 2.36. The van der Waals surface area contributed by atoms with E-state index in [0.717, 1.165) is 49.9 Å². The smallest absolute Gasteiger partial charge is 0.140 e. The summed E-state index contributed by atoms with van der Waals surface area (Å²) < 4.78 is 5.61. The van der Waals surface area contributed by atoms with Crippen molar-refractivity contribution in [1.29, 1.82) is 0 Å². The molecule has 2 fully saturated rings. The second-order valence-electron chi connectivity index (χ2n) is 9.01. The number of rotatable bonds is 6. The average molecular weight is 397 g/mol. The molecule has 2 aromatic heterocycles. The van der Waals surface area contributed by atoms with Crippen molar-refractivity contribution in [3.8, 4) is 0 Å². The minimum absolute atomic E-state index is 0.565. The highest BCUT2D eigenvalue weighted by Gasteiger charge is 2.37. The number of hydrogen-bond acceptors (Lipinski definition) is 7. The van der Waals surface area contributed by atoms with Gasteiger partial charge in [-0.15, -0.1) is 0 Å². The number of hydrogen-bond donors (Lipinski definition) is 0. The van der Waals surface area contributed by atoms with Crippen LogP contribution in [-0.2, 0) is 19.4 Å². The van der Waals surface area contributed by atoms with E-state index in [4.69, 9.17) is 4.52 Å². The number of nitrogens with zero attached hydrogens (tertiary/aromatic N) is 6. The van der Waals surface area contributed by atoms with Crippen LogP contribution in [0.15, 0.2) is 16.9 Å². The van der Waals surface area contributed by atoms with Crippen molar-refractivity contribution in [1.82, 2.24) is 20.0 Å². The topological polar surface area (TPSA) is 61.5 Å². The molecule has 0 aromatic carbocycles. The van der Waals surface area contributed by atoms with E-state index >= 15 is 0 Å². The molecule has 3 heterocycles. The lowest BCUT2D eigenvalue weighted by Crippen LogP contribution is -2.46. The summed E-state index contributed by atoms with van der Waals surface area (Å²) in [5, 5.41) is 4.41. The summed E-state index contributed by atoms with van der Waals surface area (Å²) in [6.07, 6.45) is 11.4. The maximum atomic E-state index is 5.61. The van der Waals surface area contributed by atoms with Gasteiger partial charge in [0.25, 0.3) is 0 Å². The van der Waals surface area contributed by atoms with E-state index in [0.29, 0.717) is 12.1 Å². The Hall–Kier alpha value is -2.15. The van der Waals surface area contributed by atoms with E-state index in [-0.39, 0.29) is 0 Å². The Morgan fingerprint density at radius 3 is 2.48 bits per heavy atom. The van der Waals surface area contributed by atoms with Gasteiger partial charge in [0.15, 0.2) is 0 Å². The number of fused-ring (bicyclic) bond motifs is 1. The third kappa shape index (κ3) is 3.97. The van der Waals surface area contributed by atoms with Crippen LogP contribution >= 0.6 is 0 Å². The van der Waals surface area contributed by atoms with Gasteiger partial charge in [0.05, 0.1) is 0 Å². The van der Waals surface area contributed by atoms with Gasteiger partial charge in [-0.1, -0.05) is 5.16 Å². The number of aryl methyl sites for hydroxylation is 1. The Balaban J connectivity index is 1.24. The Morgan fingerprint density at radius 1 is 1.00 bits per heavy atom. The Labute approximate surface area is 173 Å². The molecule has 1 saturated carbocycles. The third-order valence-electron chi connectivity index (χ3n) is 6.66. The van der Waals surface area contributed by atoms with E-state index in [2.05, 4.69) is 35.9 Å². The monoisotopic (exact) mass is 396 g/mol. The summed E-state index contributed by atoms with van der Waals surface area (Å²) in [5.74, 6) is 3.21. The van der Waals surface area contributed by atoms with Crippen LogP contribution in [0.1, 0.15) is 55.5 Å². The van der Waals surface area contributed by atoms with E-state index in [9.17, 15) is 0 Å². The molecule has 156 valence electrons. The van der Waals surface area contributed by atoms with Crippen molar-refractivity contribution in [3.63, 3.8) is 0 Å². The molecule has 0 unspecified atom stereocenters. The first-order valence-electron chi connectivity index (χ1n) is 11.2. The van der Waals surface area contributed by atoms with Crippen molar-refractivity contribution < 1.29 is 4.52 Å². The summed E-state index contributed by atoms with van der Waals surface area (Å²) in [6.45, 7) is 3.16. The first kappa shape index (κ1) is 18.9. The van der Waals surface area contributed by atoms with Crippen molar-refractivity contribution in [2.75, 3.05) is 37.0 Å². The summed E-state index contributed by atoms with van der Waals surface area (Å²) >= 11 is 0. The first-order valence-corrected chi connectivity index (χ1v) is 11.2. The highest BCUT2D eigenvalue weighted by atomic mass is 16.5. The lowest BCUT2D eigenvalue weighted by molar-refractivity contribution is 0.195. The van der Waals surface area contributed by atoms with Gasteiger partial charge in [-0.2, -0.15) is 0 Å². The molecule has 7 heteroatoms. The van der Waals surface area contributed by atoms with Gasteiger partial charge in [-0.25, -0.2) is 9.97 Å². The molecule has 1 aliphatic heterocycles. The quantitative estimate of drug-likeness (QED) is 0.744. The molecule has 0 spiro atoms. The molecule has 0 amide bonds. The van der Waals surface area contributed by atoms with Crippen molar-refractivity contribution in [2.24, 2.45) is 0 Å². The summed E-state index contributed by atoms with van der Waals surface area (Å²) in [7, 11) is 4.07. The Bertz CT molecular complexity index is 838. The van der Waals surface area contributed by atoms with Crippen LogP contribution in [0.4, 0.5) is 11.6 Å². The molecule has 0 bridgehead atoms. The van der Waals surface area contributed by atoms with Crippen molar-refractivity contribution in [2.45, 2.75) is 70.0 Å². The standard InChI is InChI=1S/C22H32N6O/c1-26(2)21-13-22(24-15-23-21)28(16-7-8-16)17-9-11-27(12-10-17)14-19-18-5-3-4-6-20(18)29-25-19/h13,15-17H,3-12,14H2,1-2H3. The van der Waals surface area contributed by atoms with E-state index < -0.39 is 0 Å². The molecule has 7 nitrogen and oxygen atoms in total. The van der Waals surface area contributed by atoms with Gasteiger partial charge in [0.2, 0.25) is 0 Å². The van der Waals surface area contributed by atoms with E-state index in [1.165, 1.54) is 49.8 Å². The Morgan fingerprint density at radius 2 is 1.72 bits per heavy atom. The van der Waals surface area contributed by atoms with E-state index in [1.54, 1.807) is 6.33 Å². The van der Waals surface area contributed by atoms with Crippen LogP contribution in [0.25, 0.3) is 0 Å². The van der Waals surface area contributed by atoms with Crippen LogP contribution in [0.5, 0.6) is 0 Å². The number of piperidine rings is 1. The lowest BCUT2D eigenvalue weighted by atomic mass is 9.96. The normalized spacial score (nSPS) is 20.5. The van der Waals surface area contributed by atoms with Gasteiger partial charge >= 0.3 is 0 Å². The summed E-state index contributed by atoms with van der Waals surface area (Å²) in [4.78, 5) is 16.2. The van der Waals surface area contributed by atoms with E-state index in [1.807, 2.05) is 14.1 Å². The molecule has 5 rings (SSSR count). The lowest BCUT2D eigenvalue weighted by Gasteiger charge is -2.39. The fourth-order valence-corrected chi connectivity index (χ4v) is 4.89. The molecule has 2 aromatic rings. The van der Waals surface area contributed by atoms with Crippen LogP contribution < -0.4 is 9.80 Å². The predicted molar refractivity (Wildman–Crippen MR) is 113 cm³/mol. The minimum atomic E-state index is 0.565. The molecule has 1 saturated heterocycles. The zero-order valence-corrected chi connectivity index (χ0v) is 17.7. The largest absolute Gasteiger partial charge is 0.363 e. The average Bonchev–Trinajstić information content (AvgIpc) is 3.50. The molecule has 3 aliphatic rings. The molecule has 0 atom stereocenters. The van der Waals surface area contributed by atoms with Gasteiger partial charge in [-0.05, 0) is 44.9 Å². The fraction of sp³-hybridized carbons (Fsp3) is 0.682. The maximum Gasteiger partial charge on any atom is 0.140 e. The van der Waals surface area contributed by atoms with Gasteiger partial charge in [-0.3, -0.25) is 4.90 Å². The van der Waals surface area contributed by atoms with Crippen LogP contribution in [0.2, 0.25) is 0 Å². The minimum Gasteiger partial charge on any atom is -0.363 e. The summed E-state index contributed by atoms with van der Waals surface area (Å²) in [5.41, 5.74) is 2.58. The second-order valence-corrected chi connectivity index (χ2v) is 9.01. The van der Waals surface area contributed by atoms with Crippen molar-refractivity contribution in [3.05, 3.63) is 29.4 Å². The molecule has 2 aliphatic carbocycles. The van der Waals surface area contributed by atoms with Gasteiger partial charge in [0.1, 0.15) is 29.4 Å². The van der Waals surface area contributed by atoms with Crippen LogP contribution in [-0.4, -0.2) is 59.3 Å². The zero-order valence-electron chi connectivity index (χ0n) is 17.7. The van der Waals surface area contributed by atoms with Crippen LogP contribution in [0, 0.1) is 0 Å². The van der Waals surface area contributed by atoms with Gasteiger partial charge < -0.3 is 14.3 Å². The maximum absolute atomic E-state index is 5.61. The molecule has 0 radical (unpaired) electrons. The number of aromatic nitrogens is 3.